The lowest BCUT2D eigenvalue weighted by Gasteiger charge is -2.05. The van der Waals surface area contributed by atoms with E-state index in [1.165, 1.54) is 5.56 Å². The summed E-state index contributed by atoms with van der Waals surface area (Å²) < 4.78 is 0. The van der Waals surface area contributed by atoms with Crippen LogP contribution < -0.4 is 5.43 Å². The summed E-state index contributed by atoms with van der Waals surface area (Å²) in [7, 11) is 0. The van der Waals surface area contributed by atoms with E-state index in [9.17, 15) is 4.79 Å². The zero-order valence-electron chi connectivity index (χ0n) is 13.0. The third-order valence-corrected chi connectivity index (χ3v) is 3.71. The van der Waals surface area contributed by atoms with Gasteiger partial charge in [-0.15, -0.1) is 0 Å². The van der Waals surface area contributed by atoms with Crippen molar-refractivity contribution in [3.8, 4) is 0 Å². The molecule has 0 aromatic heterocycles. The third kappa shape index (κ3) is 3.83. The minimum atomic E-state index is -0.121. The number of nitrogens with zero attached hydrogens (tertiary/aromatic N) is 1. The maximum absolute atomic E-state index is 12.1. The molecular weight excluding hydrogens is 284 g/mol. The molecule has 1 amide bonds. The molecule has 3 aromatic carbocycles. The van der Waals surface area contributed by atoms with Crippen molar-refractivity contribution in [2.45, 2.75) is 13.3 Å². The van der Waals surface area contributed by atoms with Gasteiger partial charge in [0.05, 0.1) is 12.6 Å². The quantitative estimate of drug-likeness (QED) is 0.577. The van der Waals surface area contributed by atoms with Crippen molar-refractivity contribution in [1.29, 1.82) is 0 Å². The van der Waals surface area contributed by atoms with Crippen LogP contribution in [0, 0.1) is 6.92 Å². The van der Waals surface area contributed by atoms with E-state index in [0.29, 0.717) is 6.42 Å². The maximum atomic E-state index is 12.1. The first-order valence-electron chi connectivity index (χ1n) is 7.57. The van der Waals surface area contributed by atoms with E-state index in [0.717, 1.165) is 21.9 Å². The summed E-state index contributed by atoms with van der Waals surface area (Å²) >= 11 is 0. The lowest BCUT2D eigenvalue weighted by Crippen LogP contribution is -2.19. The van der Waals surface area contributed by atoms with Crippen LogP contribution in [0.15, 0.2) is 71.8 Å². The summed E-state index contributed by atoms with van der Waals surface area (Å²) in [5.74, 6) is -0.121. The number of carbonyl (C=O) groups excluding carboxylic acids is 1. The molecule has 0 fully saturated rings. The van der Waals surface area contributed by atoms with Gasteiger partial charge in [0.2, 0.25) is 5.91 Å². The Bertz CT molecular complexity index is 846. The van der Waals surface area contributed by atoms with E-state index in [1.54, 1.807) is 6.21 Å². The smallest absolute Gasteiger partial charge is 0.244 e. The SMILES string of the molecule is Cc1ccc(C=NNC(=O)Cc2cccc3ccccc23)cc1. The molecule has 0 aliphatic heterocycles. The first kappa shape index (κ1) is 15.0. The Morgan fingerprint density at radius 3 is 2.57 bits per heavy atom. The molecule has 0 saturated heterocycles. The molecule has 3 heteroatoms. The predicted octanol–water partition coefficient (Wildman–Crippen LogP) is 3.84. The number of aryl methyl sites for hydroxylation is 1. The predicted molar refractivity (Wildman–Crippen MR) is 94.6 cm³/mol. The molecule has 0 aliphatic rings. The van der Waals surface area contributed by atoms with Crippen molar-refractivity contribution in [2.24, 2.45) is 5.10 Å². The van der Waals surface area contributed by atoms with Crippen molar-refractivity contribution in [1.82, 2.24) is 5.43 Å². The largest absolute Gasteiger partial charge is 0.273 e. The fraction of sp³-hybridized carbons (Fsp3) is 0.100. The number of nitrogens with one attached hydrogen (secondary N) is 1. The van der Waals surface area contributed by atoms with Crippen LogP contribution in [0.4, 0.5) is 0 Å². The summed E-state index contributed by atoms with van der Waals surface area (Å²) in [6.45, 7) is 2.03. The Labute approximate surface area is 135 Å². The van der Waals surface area contributed by atoms with Gasteiger partial charge in [-0.05, 0) is 28.8 Å². The normalized spacial score (nSPS) is 11.0. The van der Waals surface area contributed by atoms with Crippen molar-refractivity contribution >= 4 is 22.9 Å². The number of carbonyl (C=O) groups is 1. The second kappa shape index (κ2) is 6.88. The summed E-state index contributed by atoms with van der Waals surface area (Å²) in [5, 5.41) is 6.27. The highest BCUT2D eigenvalue weighted by molar-refractivity contribution is 5.90. The molecule has 23 heavy (non-hydrogen) atoms. The number of hydrazone groups is 1. The van der Waals surface area contributed by atoms with Gasteiger partial charge in [0.15, 0.2) is 0 Å². The Morgan fingerprint density at radius 2 is 1.74 bits per heavy atom. The fourth-order valence-corrected chi connectivity index (χ4v) is 2.49. The standard InChI is InChI=1S/C20H18N2O/c1-15-9-11-16(12-10-15)14-21-22-20(23)13-18-7-4-6-17-5-2-3-8-19(17)18/h2-12,14H,13H2,1H3,(H,22,23). The molecule has 3 nitrogen and oxygen atoms in total. The fourth-order valence-electron chi connectivity index (χ4n) is 2.49. The molecule has 114 valence electrons. The number of hydrogen-bond donors (Lipinski definition) is 1. The molecule has 0 aliphatic carbocycles. The van der Waals surface area contributed by atoms with Gasteiger partial charge in [-0.25, -0.2) is 5.43 Å². The van der Waals surface area contributed by atoms with Crippen LogP contribution in [0.5, 0.6) is 0 Å². The highest BCUT2D eigenvalue weighted by Gasteiger charge is 2.05. The number of fused-ring (bicyclic) bond motifs is 1. The van der Waals surface area contributed by atoms with Crippen LogP contribution in [0.25, 0.3) is 10.8 Å². The molecule has 0 radical (unpaired) electrons. The van der Waals surface area contributed by atoms with E-state index >= 15 is 0 Å². The first-order chi connectivity index (χ1) is 11.2. The average Bonchev–Trinajstić information content (AvgIpc) is 2.57. The van der Waals surface area contributed by atoms with Gasteiger partial charge in [-0.3, -0.25) is 4.79 Å². The van der Waals surface area contributed by atoms with E-state index in [1.807, 2.05) is 73.7 Å². The maximum Gasteiger partial charge on any atom is 0.244 e. The molecule has 0 saturated carbocycles. The average molecular weight is 302 g/mol. The van der Waals surface area contributed by atoms with Gasteiger partial charge < -0.3 is 0 Å². The monoisotopic (exact) mass is 302 g/mol. The van der Waals surface area contributed by atoms with Crippen LogP contribution in [0.2, 0.25) is 0 Å². The Morgan fingerprint density at radius 1 is 1.00 bits per heavy atom. The number of amides is 1. The van der Waals surface area contributed by atoms with Crippen LogP contribution in [0.1, 0.15) is 16.7 Å². The van der Waals surface area contributed by atoms with E-state index in [2.05, 4.69) is 10.5 Å². The van der Waals surface area contributed by atoms with Gasteiger partial charge >= 0.3 is 0 Å². The molecular formula is C20H18N2O. The molecule has 3 rings (SSSR count). The minimum absolute atomic E-state index is 0.121. The van der Waals surface area contributed by atoms with Crippen molar-refractivity contribution in [3.05, 3.63) is 83.4 Å². The van der Waals surface area contributed by atoms with Gasteiger partial charge in [0, 0.05) is 0 Å². The van der Waals surface area contributed by atoms with Crippen LogP contribution in [-0.4, -0.2) is 12.1 Å². The zero-order chi connectivity index (χ0) is 16.1. The molecule has 0 unspecified atom stereocenters. The van der Waals surface area contributed by atoms with Crippen LogP contribution >= 0.6 is 0 Å². The van der Waals surface area contributed by atoms with Crippen molar-refractivity contribution in [3.63, 3.8) is 0 Å². The van der Waals surface area contributed by atoms with E-state index in [4.69, 9.17) is 0 Å². The lowest BCUT2D eigenvalue weighted by molar-refractivity contribution is -0.120. The molecule has 0 bridgehead atoms. The van der Waals surface area contributed by atoms with Gasteiger partial charge in [-0.1, -0.05) is 72.3 Å². The molecule has 0 spiro atoms. The van der Waals surface area contributed by atoms with E-state index < -0.39 is 0 Å². The molecule has 0 atom stereocenters. The summed E-state index contributed by atoms with van der Waals surface area (Å²) in [5.41, 5.74) is 5.75. The summed E-state index contributed by atoms with van der Waals surface area (Å²) in [6.07, 6.45) is 1.97. The third-order valence-electron chi connectivity index (χ3n) is 3.71. The second-order valence-corrected chi connectivity index (χ2v) is 5.52. The highest BCUT2D eigenvalue weighted by Crippen LogP contribution is 2.18. The summed E-state index contributed by atoms with van der Waals surface area (Å²) in [6, 6.07) is 22.0. The lowest BCUT2D eigenvalue weighted by atomic mass is 10.0. The second-order valence-electron chi connectivity index (χ2n) is 5.52. The first-order valence-corrected chi connectivity index (χ1v) is 7.57. The number of hydrogen-bond acceptors (Lipinski definition) is 2. The number of rotatable bonds is 4. The topological polar surface area (TPSA) is 41.5 Å². The highest BCUT2D eigenvalue weighted by atomic mass is 16.2. The van der Waals surface area contributed by atoms with Crippen molar-refractivity contribution in [2.75, 3.05) is 0 Å². The minimum Gasteiger partial charge on any atom is -0.273 e. The molecule has 1 N–H and O–H groups in total. The molecule has 0 heterocycles. The summed E-state index contributed by atoms with van der Waals surface area (Å²) in [4.78, 5) is 12.1. The van der Waals surface area contributed by atoms with Crippen LogP contribution in [0.3, 0.4) is 0 Å². The zero-order valence-corrected chi connectivity index (χ0v) is 13.0. The Hall–Kier alpha value is -2.94. The Balaban J connectivity index is 1.66. The molecule has 3 aromatic rings. The van der Waals surface area contributed by atoms with Gasteiger partial charge in [-0.2, -0.15) is 5.10 Å². The van der Waals surface area contributed by atoms with Gasteiger partial charge in [0.25, 0.3) is 0 Å². The van der Waals surface area contributed by atoms with Crippen LogP contribution in [-0.2, 0) is 11.2 Å². The Kier molecular flexibility index (Phi) is 4.48. The van der Waals surface area contributed by atoms with Gasteiger partial charge in [0.1, 0.15) is 0 Å². The van der Waals surface area contributed by atoms with Crippen molar-refractivity contribution < 1.29 is 4.79 Å². The van der Waals surface area contributed by atoms with E-state index in [-0.39, 0.29) is 5.91 Å². The number of benzene rings is 3.